The molecule has 1 fully saturated rings. The van der Waals surface area contributed by atoms with E-state index in [1.807, 2.05) is 0 Å². The monoisotopic (exact) mass is 483 g/mol. The second-order valence-electron chi connectivity index (χ2n) is 6.57. The number of carbonyl (C=O) groups is 2. The number of aliphatic carboxylic acids is 1. The summed E-state index contributed by atoms with van der Waals surface area (Å²) in [5.41, 5.74) is -0.333. The zero-order valence-electron chi connectivity index (χ0n) is 16.7. The summed E-state index contributed by atoms with van der Waals surface area (Å²) in [6.45, 7) is 1.37. The number of carbonyl (C=O) groups excluding carboxylic acids is 1. The molecule has 11 heteroatoms. The number of nitrogens with zero attached hydrogens (tertiary/aromatic N) is 1. The molecule has 1 amide bonds. The van der Waals surface area contributed by atoms with Gasteiger partial charge in [0.15, 0.2) is 21.9 Å². The molecule has 168 valence electrons. The lowest BCUT2D eigenvalue weighted by Crippen LogP contribution is -2.27. The lowest BCUT2D eigenvalue weighted by Gasteiger charge is -2.16. The van der Waals surface area contributed by atoms with E-state index in [1.165, 1.54) is 38.3 Å². The Morgan fingerprint density at radius 3 is 2.56 bits per heavy atom. The molecule has 1 aliphatic heterocycles. The van der Waals surface area contributed by atoms with Gasteiger partial charge in [-0.05, 0) is 48.9 Å². The van der Waals surface area contributed by atoms with Crippen LogP contribution in [0.3, 0.4) is 0 Å². The van der Waals surface area contributed by atoms with Crippen LogP contribution >= 0.6 is 24.0 Å². The van der Waals surface area contributed by atoms with Gasteiger partial charge in [0.1, 0.15) is 0 Å². The first-order valence-electron chi connectivity index (χ1n) is 9.04. The Balaban J connectivity index is 1.88. The van der Waals surface area contributed by atoms with E-state index in [0.29, 0.717) is 5.56 Å². The molecule has 1 saturated heterocycles. The highest BCUT2D eigenvalue weighted by molar-refractivity contribution is 8.27. The number of benzene rings is 2. The van der Waals surface area contributed by atoms with Crippen molar-refractivity contribution in [1.82, 2.24) is 0 Å². The average molecular weight is 483 g/mol. The molecule has 1 heterocycles. The number of thioether (sulfide) groups is 1. The Kier molecular flexibility index (Phi) is 6.79. The van der Waals surface area contributed by atoms with Crippen molar-refractivity contribution in [2.24, 2.45) is 0 Å². The fraction of sp³-hybridized carbons (Fsp3) is 0.190. The van der Waals surface area contributed by atoms with Gasteiger partial charge in [0.25, 0.3) is 5.91 Å². The molecule has 32 heavy (non-hydrogen) atoms. The average Bonchev–Trinajstić information content (AvgIpc) is 3.01. The van der Waals surface area contributed by atoms with Crippen molar-refractivity contribution in [3.05, 3.63) is 58.5 Å². The van der Waals surface area contributed by atoms with Crippen LogP contribution in [0.1, 0.15) is 18.1 Å². The van der Waals surface area contributed by atoms with Crippen LogP contribution in [0.25, 0.3) is 6.08 Å². The van der Waals surface area contributed by atoms with Gasteiger partial charge in [-0.3, -0.25) is 9.69 Å². The van der Waals surface area contributed by atoms with Gasteiger partial charge in [0.2, 0.25) is 0 Å². The topological polar surface area (TPSA) is 76.1 Å². The van der Waals surface area contributed by atoms with Gasteiger partial charge < -0.3 is 14.6 Å². The van der Waals surface area contributed by atoms with Crippen LogP contribution in [0, 0.1) is 0 Å². The summed E-state index contributed by atoms with van der Waals surface area (Å²) in [5, 5.41) is 8.99. The van der Waals surface area contributed by atoms with Gasteiger partial charge in [0, 0.05) is 0 Å². The largest absolute Gasteiger partial charge is 0.493 e. The summed E-state index contributed by atoms with van der Waals surface area (Å²) in [5.74, 6) is -1.25. The second-order valence-corrected chi connectivity index (χ2v) is 8.25. The number of ether oxygens (including phenoxy) is 2. The summed E-state index contributed by atoms with van der Waals surface area (Å²) in [6.07, 6.45) is -4.14. The Labute approximate surface area is 190 Å². The van der Waals surface area contributed by atoms with E-state index in [-0.39, 0.29) is 26.4 Å². The molecule has 0 radical (unpaired) electrons. The maximum absolute atomic E-state index is 13.0. The van der Waals surface area contributed by atoms with Crippen molar-refractivity contribution in [1.29, 1.82) is 0 Å². The highest BCUT2D eigenvalue weighted by Gasteiger charge is 2.36. The normalized spacial score (nSPS) is 16.4. The molecular weight excluding hydrogens is 467 g/mol. The minimum absolute atomic E-state index is 0.0229. The molecule has 0 saturated carbocycles. The minimum Gasteiger partial charge on any atom is -0.493 e. The molecule has 1 N–H and O–H groups in total. The highest BCUT2D eigenvalue weighted by Crippen LogP contribution is 2.39. The molecule has 0 aliphatic carbocycles. The summed E-state index contributed by atoms with van der Waals surface area (Å²) in [4.78, 5) is 25.1. The number of alkyl halides is 3. The van der Waals surface area contributed by atoms with Crippen LogP contribution < -0.4 is 14.4 Å². The van der Waals surface area contributed by atoms with E-state index in [4.69, 9.17) is 26.8 Å². The SMILES string of the molecule is COc1cc(/C=C2/SC(=S)N(c3cccc(C(F)(F)F)c3)C2=O)ccc1OC(C)C(=O)O. The number of hydrogen-bond donors (Lipinski definition) is 1. The maximum Gasteiger partial charge on any atom is 0.416 e. The van der Waals surface area contributed by atoms with Crippen LogP contribution in [-0.4, -0.2) is 34.5 Å². The zero-order valence-corrected chi connectivity index (χ0v) is 18.3. The minimum atomic E-state index is -4.55. The fourth-order valence-electron chi connectivity index (χ4n) is 2.78. The van der Waals surface area contributed by atoms with Crippen LogP contribution in [0.4, 0.5) is 18.9 Å². The molecular formula is C21H16F3NO5S2. The fourth-order valence-corrected chi connectivity index (χ4v) is 4.07. The van der Waals surface area contributed by atoms with Gasteiger partial charge in [-0.2, -0.15) is 13.2 Å². The van der Waals surface area contributed by atoms with Crippen LogP contribution in [-0.2, 0) is 15.8 Å². The molecule has 0 bridgehead atoms. The number of rotatable bonds is 6. The van der Waals surface area contributed by atoms with Crippen molar-refractivity contribution in [3.63, 3.8) is 0 Å². The molecule has 0 spiro atoms. The molecule has 3 rings (SSSR count). The van der Waals surface area contributed by atoms with E-state index in [2.05, 4.69) is 0 Å². The first-order valence-corrected chi connectivity index (χ1v) is 10.3. The van der Waals surface area contributed by atoms with E-state index in [9.17, 15) is 22.8 Å². The summed E-state index contributed by atoms with van der Waals surface area (Å²) in [6, 6.07) is 9.00. The first-order chi connectivity index (χ1) is 15.0. The van der Waals surface area contributed by atoms with Gasteiger partial charge in [-0.1, -0.05) is 36.1 Å². The van der Waals surface area contributed by atoms with Crippen molar-refractivity contribution >= 4 is 51.9 Å². The Morgan fingerprint density at radius 2 is 1.94 bits per heavy atom. The number of carboxylic acid groups (broad SMARTS) is 1. The zero-order chi connectivity index (χ0) is 23.6. The lowest BCUT2D eigenvalue weighted by molar-refractivity contribution is -0.144. The summed E-state index contributed by atoms with van der Waals surface area (Å²) in [7, 11) is 1.38. The number of hydrogen-bond acceptors (Lipinski definition) is 6. The third-order valence-corrected chi connectivity index (χ3v) is 5.66. The Bertz CT molecular complexity index is 1120. The number of amides is 1. The Hall–Kier alpha value is -3.05. The molecule has 1 aliphatic rings. The van der Waals surface area contributed by atoms with Crippen LogP contribution in [0.5, 0.6) is 11.5 Å². The van der Waals surface area contributed by atoms with E-state index >= 15 is 0 Å². The lowest BCUT2D eigenvalue weighted by atomic mass is 10.1. The van der Waals surface area contributed by atoms with Crippen LogP contribution in [0.2, 0.25) is 0 Å². The van der Waals surface area contributed by atoms with Crippen molar-refractivity contribution < 1.29 is 37.3 Å². The highest BCUT2D eigenvalue weighted by atomic mass is 32.2. The molecule has 0 aromatic heterocycles. The predicted octanol–water partition coefficient (Wildman–Crippen LogP) is 4.97. The summed E-state index contributed by atoms with van der Waals surface area (Å²) >= 11 is 6.17. The molecule has 1 atom stereocenters. The number of methoxy groups -OCH3 is 1. The smallest absolute Gasteiger partial charge is 0.416 e. The summed E-state index contributed by atoms with van der Waals surface area (Å²) < 4.78 is 49.8. The maximum atomic E-state index is 13.0. The first kappa shape index (κ1) is 23.6. The molecule has 6 nitrogen and oxygen atoms in total. The number of halogens is 3. The standard InChI is InChI=1S/C21H16F3NO5S2/c1-11(19(27)28)30-15-7-6-12(8-16(15)29-2)9-17-18(26)25(20(31)32-17)14-5-3-4-13(10-14)21(22,23)24/h3-11H,1-2H3,(H,27,28)/b17-9+. The quantitative estimate of drug-likeness (QED) is 0.459. The number of thiocarbonyl (C=S) groups is 1. The van der Waals surface area contributed by atoms with Gasteiger partial charge in [-0.15, -0.1) is 0 Å². The van der Waals surface area contributed by atoms with Gasteiger partial charge in [-0.25, -0.2) is 4.79 Å². The third-order valence-electron chi connectivity index (χ3n) is 4.36. The molecule has 2 aromatic carbocycles. The van der Waals surface area contributed by atoms with E-state index in [1.54, 1.807) is 12.1 Å². The molecule has 2 aromatic rings. The van der Waals surface area contributed by atoms with Crippen molar-refractivity contribution in [2.75, 3.05) is 12.0 Å². The molecule has 1 unspecified atom stereocenters. The van der Waals surface area contributed by atoms with Gasteiger partial charge >= 0.3 is 12.1 Å². The van der Waals surface area contributed by atoms with E-state index < -0.39 is 29.7 Å². The van der Waals surface area contributed by atoms with Crippen LogP contribution in [0.15, 0.2) is 47.4 Å². The van der Waals surface area contributed by atoms with E-state index in [0.717, 1.165) is 28.8 Å². The second kappa shape index (κ2) is 9.21. The predicted molar refractivity (Wildman–Crippen MR) is 118 cm³/mol. The number of carboxylic acids is 1. The van der Waals surface area contributed by atoms with Gasteiger partial charge in [0.05, 0.1) is 23.3 Å². The Morgan fingerprint density at radius 1 is 1.22 bits per heavy atom. The van der Waals surface area contributed by atoms with Crippen molar-refractivity contribution in [3.8, 4) is 11.5 Å². The van der Waals surface area contributed by atoms with Crippen molar-refractivity contribution in [2.45, 2.75) is 19.2 Å². The number of anilines is 1. The third kappa shape index (κ3) is 5.05.